The number of rotatable bonds is 7. The maximum absolute atomic E-state index is 11.1. The van der Waals surface area contributed by atoms with E-state index in [0.717, 1.165) is 10.5 Å². The molecule has 0 saturated carbocycles. The molecule has 0 bridgehead atoms. The second kappa shape index (κ2) is 8.37. The van der Waals surface area contributed by atoms with Crippen LogP contribution in [0.3, 0.4) is 0 Å². The second-order valence-corrected chi connectivity index (χ2v) is 4.81. The second-order valence-electron chi connectivity index (χ2n) is 3.95. The maximum Gasteiger partial charge on any atom is 0.328 e. The van der Waals surface area contributed by atoms with E-state index < -0.39 is 5.97 Å². The molecule has 0 atom stereocenters. The number of amides is 1. The zero-order valence-electron chi connectivity index (χ0n) is 11.1. The van der Waals surface area contributed by atoms with Crippen molar-refractivity contribution >= 4 is 33.9 Å². The van der Waals surface area contributed by atoms with Crippen molar-refractivity contribution in [3.63, 3.8) is 0 Å². The highest BCUT2D eigenvalue weighted by Gasteiger charge is 2.07. The van der Waals surface area contributed by atoms with Crippen molar-refractivity contribution in [3.8, 4) is 5.75 Å². The van der Waals surface area contributed by atoms with Crippen molar-refractivity contribution in [1.29, 1.82) is 0 Å². The Morgan fingerprint density at radius 2 is 2.20 bits per heavy atom. The molecule has 0 aliphatic heterocycles. The van der Waals surface area contributed by atoms with Crippen LogP contribution in [0.25, 0.3) is 6.08 Å². The number of carboxylic acid groups (broad SMARTS) is 1. The Balaban J connectivity index is 2.68. The number of halogens is 1. The van der Waals surface area contributed by atoms with Gasteiger partial charge in [0.1, 0.15) is 5.75 Å². The average molecular weight is 342 g/mol. The van der Waals surface area contributed by atoms with Gasteiger partial charge in [-0.3, -0.25) is 4.79 Å². The third-order valence-corrected chi connectivity index (χ3v) is 3.10. The van der Waals surface area contributed by atoms with E-state index in [1.54, 1.807) is 19.2 Å². The summed E-state index contributed by atoms with van der Waals surface area (Å²) < 4.78 is 6.36. The van der Waals surface area contributed by atoms with Crippen LogP contribution in [0.1, 0.15) is 18.4 Å². The third-order valence-electron chi connectivity index (χ3n) is 2.48. The number of aliphatic carboxylic acids is 1. The number of nitrogens with one attached hydrogen (secondary N) is 1. The highest BCUT2D eigenvalue weighted by atomic mass is 79.9. The van der Waals surface area contributed by atoms with Crippen molar-refractivity contribution in [1.82, 2.24) is 5.32 Å². The summed E-state index contributed by atoms with van der Waals surface area (Å²) in [5.74, 6) is -0.482. The summed E-state index contributed by atoms with van der Waals surface area (Å²) in [7, 11) is 1.59. The topological polar surface area (TPSA) is 75.6 Å². The van der Waals surface area contributed by atoms with Gasteiger partial charge in [0.2, 0.25) is 5.91 Å². The fourth-order valence-electron chi connectivity index (χ4n) is 1.50. The largest absolute Gasteiger partial charge is 0.492 e. The number of benzene rings is 1. The average Bonchev–Trinajstić information content (AvgIpc) is 2.42. The fraction of sp³-hybridized carbons (Fsp3) is 0.286. The highest BCUT2D eigenvalue weighted by molar-refractivity contribution is 9.10. The van der Waals surface area contributed by atoms with E-state index in [9.17, 15) is 9.59 Å². The Bertz CT molecular complexity index is 514. The Morgan fingerprint density at radius 1 is 1.45 bits per heavy atom. The van der Waals surface area contributed by atoms with Gasteiger partial charge < -0.3 is 15.2 Å². The molecule has 20 heavy (non-hydrogen) atoms. The van der Waals surface area contributed by atoms with Gasteiger partial charge in [-0.15, -0.1) is 0 Å². The molecule has 1 aromatic rings. The van der Waals surface area contributed by atoms with Gasteiger partial charge in [0.15, 0.2) is 0 Å². The monoisotopic (exact) mass is 341 g/mol. The first-order valence-electron chi connectivity index (χ1n) is 6.07. The van der Waals surface area contributed by atoms with Crippen molar-refractivity contribution in [2.75, 3.05) is 13.7 Å². The van der Waals surface area contributed by atoms with E-state index in [1.165, 1.54) is 6.08 Å². The molecule has 5 nitrogen and oxygen atoms in total. The molecule has 1 rings (SSSR count). The molecule has 0 unspecified atom stereocenters. The van der Waals surface area contributed by atoms with Crippen molar-refractivity contribution in [3.05, 3.63) is 34.3 Å². The SMILES string of the molecule is CNC(=O)CCCOc1c(Br)cccc1C=CC(=O)O. The number of carboxylic acids is 1. The van der Waals surface area contributed by atoms with Crippen molar-refractivity contribution in [2.24, 2.45) is 0 Å². The third kappa shape index (κ3) is 5.44. The molecule has 0 heterocycles. The summed E-state index contributed by atoms with van der Waals surface area (Å²) >= 11 is 3.36. The number of hydrogen-bond donors (Lipinski definition) is 2. The normalized spacial score (nSPS) is 10.5. The van der Waals surface area contributed by atoms with E-state index in [1.807, 2.05) is 6.07 Å². The van der Waals surface area contributed by atoms with Gasteiger partial charge in [0, 0.05) is 25.1 Å². The van der Waals surface area contributed by atoms with Gasteiger partial charge in [0.25, 0.3) is 0 Å². The van der Waals surface area contributed by atoms with Crippen LogP contribution in [0.5, 0.6) is 5.75 Å². The van der Waals surface area contributed by atoms with E-state index in [0.29, 0.717) is 30.8 Å². The lowest BCUT2D eigenvalue weighted by molar-refractivity contribution is -0.131. The first-order valence-corrected chi connectivity index (χ1v) is 6.86. The van der Waals surface area contributed by atoms with Crippen LogP contribution < -0.4 is 10.1 Å². The van der Waals surface area contributed by atoms with E-state index in [2.05, 4.69) is 21.2 Å². The lowest BCUT2D eigenvalue weighted by atomic mass is 10.2. The number of hydrogen-bond acceptors (Lipinski definition) is 3. The van der Waals surface area contributed by atoms with Crippen LogP contribution >= 0.6 is 15.9 Å². The van der Waals surface area contributed by atoms with Crippen molar-refractivity contribution in [2.45, 2.75) is 12.8 Å². The van der Waals surface area contributed by atoms with Gasteiger partial charge in [0.05, 0.1) is 11.1 Å². The number of ether oxygens (including phenoxy) is 1. The molecule has 1 amide bonds. The lowest BCUT2D eigenvalue weighted by Crippen LogP contribution is -2.18. The van der Waals surface area contributed by atoms with Crippen LogP contribution in [0.4, 0.5) is 0 Å². The van der Waals surface area contributed by atoms with E-state index in [4.69, 9.17) is 9.84 Å². The van der Waals surface area contributed by atoms with Crippen LogP contribution in [0, 0.1) is 0 Å². The van der Waals surface area contributed by atoms with Crippen LogP contribution in [-0.2, 0) is 9.59 Å². The Hall–Kier alpha value is -1.82. The predicted molar refractivity (Wildman–Crippen MR) is 79.6 cm³/mol. The molecule has 6 heteroatoms. The van der Waals surface area contributed by atoms with Gasteiger partial charge >= 0.3 is 5.97 Å². The summed E-state index contributed by atoms with van der Waals surface area (Å²) in [5.41, 5.74) is 0.668. The molecule has 0 aromatic heterocycles. The molecule has 0 radical (unpaired) electrons. The molecule has 108 valence electrons. The summed E-state index contributed by atoms with van der Waals surface area (Å²) in [6.07, 6.45) is 3.50. The highest BCUT2D eigenvalue weighted by Crippen LogP contribution is 2.30. The number of carbonyl (C=O) groups excluding carboxylic acids is 1. The standard InChI is InChI=1S/C14H16BrNO4/c1-16-12(17)6-3-9-20-14-10(7-8-13(18)19)4-2-5-11(14)15/h2,4-5,7-8H,3,6,9H2,1H3,(H,16,17)(H,18,19). The molecule has 0 fully saturated rings. The Labute approximate surface area is 125 Å². The van der Waals surface area contributed by atoms with Crippen LogP contribution in [0.15, 0.2) is 28.7 Å². The predicted octanol–water partition coefficient (Wildman–Crippen LogP) is 2.45. The molecular weight excluding hydrogens is 326 g/mol. The number of para-hydroxylation sites is 1. The Morgan fingerprint density at radius 3 is 2.85 bits per heavy atom. The maximum atomic E-state index is 11.1. The summed E-state index contributed by atoms with van der Waals surface area (Å²) in [5, 5.41) is 11.2. The van der Waals surface area contributed by atoms with Crippen molar-refractivity contribution < 1.29 is 19.4 Å². The Kier molecular flexibility index (Phi) is 6.79. The van der Waals surface area contributed by atoms with E-state index in [-0.39, 0.29) is 5.91 Å². The minimum Gasteiger partial charge on any atom is -0.492 e. The zero-order valence-corrected chi connectivity index (χ0v) is 12.6. The molecular formula is C14H16BrNO4. The van der Waals surface area contributed by atoms with Crippen LogP contribution in [0.2, 0.25) is 0 Å². The lowest BCUT2D eigenvalue weighted by Gasteiger charge is -2.11. The zero-order chi connectivity index (χ0) is 15.0. The molecule has 2 N–H and O–H groups in total. The van der Waals surface area contributed by atoms with E-state index >= 15 is 0 Å². The molecule has 0 aliphatic carbocycles. The first kappa shape index (κ1) is 16.2. The summed E-state index contributed by atoms with van der Waals surface area (Å²) in [6.45, 7) is 0.379. The molecule has 0 saturated heterocycles. The van der Waals surface area contributed by atoms with Gasteiger partial charge in [-0.05, 0) is 34.5 Å². The van der Waals surface area contributed by atoms with Gasteiger partial charge in [-0.2, -0.15) is 0 Å². The van der Waals surface area contributed by atoms with Crippen LogP contribution in [-0.4, -0.2) is 30.6 Å². The van der Waals surface area contributed by atoms with Gasteiger partial charge in [-0.1, -0.05) is 12.1 Å². The smallest absolute Gasteiger partial charge is 0.328 e. The first-order chi connectivity index (χ1) is 9.54. The minimum atomic E-state index is -1.02. The summed E-state index contributed by atoms with van der Waals surface area (Å²) in [4.78, 5) is 21.6. The minimum absolute atomic E-state index is 0.0354. The molecule has 0 aliphatic rings. The van der Waals surface area contributed by atoms with Gasteiger partial charge in [-0.25, -0.2) is 4.79 Å². The summed E-state index contributed by atoms with van der Waals surface area (Å²) in [6, 6.07) is 5.37. The number of carbonyl (C=O) groups is 2. The molecule has 1 aromatic carbocycles. The quantitative estimate of drug-likeness (QED) is 0.590. The fourth-order valence-corrected chi connectivity index (χ4v) is 2.00. The molecule has 0 spiro atoms.